The van der Waals surface area contributed by atoms with Gasteiger partial charge in [0, 0.05) is 22.6 Å². The third-order valence-corrected chi connectivity index (χ3v) is 6.38. The number of fused-ring (bicyclic) bond motifs is 3. The van der Waals surface area contributed by atoms with E-state index in [2.05, 4.69) is 65.9 Å². The molecule has 0 aromatic heterocycles. The number of hydrogen-bond acceptors (Lipinski definition) is 3. The number of anilines is 1. The van der Waals surface area contributed by atoms with Crippen molar-refractivity contribution in [3.63, 3.8) is 0 Å². The molecule has 1 unspecified atom stereocenters. The van der Waals surface area contributed by atoms with Gasteiger partial charge in [-0.25, -0.2) is 0 Å². The number of allylic oxidation sites excluding steroid dienone is 2. The van der Waals surface area contributed by atoms with Gasteiger partial charge in [0.25, 0.3) is 0 Å². The molecule has 0 spiro atoms. The van der Waals surface area contributed by atoms with E-state index < -0.39 is 0 Å². The molecule has 21 heavy (non-hydrogen) atoms. The Balaban J connectivity index is 1.66. The van der Waals surface area contributed by atoms with Crippen LogP contribution in [0.5, 0.6) is 0 Å². The maximum Gasteiger partial charge on any atom is 0.0758 e. The number of benzene rings is 2. The summed E-state index contributed by atoms with van der Waals surface area (Å²) < 4.78 is 0. The van der Waals surface area contributed by atoms with Crippen molar-refractivity contribution in [2.24, 2.45) is 0 Å². The third-order valence-electron chi connectivity index (χ3n) is 4.07. The monoisotopic (exact) mass is 311 g/mol. The molecule has 0 N–H and O–H groups in total. The molecule has 0 amide bonds. The van der Waals surface area contributed by atoms with Gasteiger partial charge < -0.3 is 4.90 Å². The van der Waals surface area contributed by atoms with Crippen LogP contribution in [0.25, 0.3) is 10.8 Å². The van der Waals surface area contributed by atoms with Gasteiger partial charge in [-0.2, -0.15) is 0 Å². The minimum absolute atomic E-state index is 0.729. The van der Waals surface area contributed by atoms with Crippen LogP contribution in [-0.2, 0) is 0 Å². The molecule has 106 valence electrons. The summed E-state index contributed by atoms with van der Waals surface area (Å²) in [6.45, 7) is 0. The molecule has 2 aliphatic rings. The molecule has 0 aliphatic carbocycles. The van der Waals surface area contributed by atoms with Gasteiger partial charge in [0.15, 0.2) is 0 Å². The second-order valence-electron chi connectivity index (χ2n) is 5.44. The van der Waals surface area contributed by atoms with Gasteiger partial charge in [0.1, 0.15) is 0 Å². The van der Waals surface area contributed by atoms with Crippen molar-refractivity contribution in [1.29, 1.82) is 0 Å². The van der Waals surface area contributed by atoms with E-state index >= 15 is 0 Å². The second-order valence-corrected chi connectivity index (χ2v) is 7.71. The normalized spacial score (nSPS) is 22.4. The zero-order valence-corrected chi connectivity index (χ0v) is 13.6. The van der Waals surface area contributed by atoms with E-state index in [1.165, 1.54) is 32.8 Å². The number of rotatable bonds is 2. The first-order valence-electron chi connectivity index (χ1n) is 7.27. The molecule has 2 aromatic carbocycles. The van der Waals surface area contributed by atoms with E-state index in [4.69, 9.17) is 0 Å². The number of nitrogens with zero attached hydrogens (tertiary/aromatic N) is 1. The summed E-state index contributed by atoms with van der Waals surface area (Å²) in [5.74, 6) is 0. The van der Waals surface area contributed by atoms with Crippen LogP contribution in [0.1, 0.15) is 12.8 Å². The number of thioether (sulfide) groups is 2. The van der Waals surface area contributed by atoms with E-state index in [1.807, 2.05) is 23.5 Å². The van der Waals surface area contributed by atoms with Crippen molar-refractivity contribution in [3.8, 4) is 0 Å². The Kier molecular flexibility index (Phi) is 3.48. The van der Waals surface area contributed by atoms with Crippen molar-refractivity contribution in [2.45, 2.75) is 23.0 Å². The molecule has 2 heterocycles. The molecule has 0 bridgehead atoms. The Hall–Kier alpha value is -1.32. The fourth-order valence-corrected chi connectivity index (χ4v) is 4.93. The van der Waals surface area contributed by atoms with Gasteiger partial charge in [0.2, 0.25) is 0 Å². The molecule has 0 saturated heterocycles. The summed E-state index contributed by atoms with van der Waals surface area (Å²) in [6.07, 6.45) is 7.04. The zero-order valence-electron chi connectivity index (χ0n) is 12.0. The van der Waals surface area contributed by atoms with Crippen molar-refractivity contribution in [1.82, 2.24) is 0 Å². The lowest BCUT2D eigenvalue weighted by Gasteiger charge is -2.16. The lowest BCUT2D eigenvalue weighted by molar-refractivity contribution is 0.901. The van der Waals surface area contributed by atoms with Crippen LogP contribution in [-0.4, -0.2) is 12.3 Å². The molecule has 0 fully saturated rings. The van der Waals surface area contributed by atoms with Gasteiger partial charge in [-0.15, -0.1) is 11.8 Å². The van der Waals surface area contributed by atoms with Gasteiger partial charge in [-0.3, -0.25) is 0 Å². The lowest BCUT2D eigenvalue weighted by Crippen LogP contribution is -2.10. The first-order valence-corrected chi connectivity index (χ1v) is 9.03. The molecule has 0 radical (unpaired) electrons. The molecular weight excluding hydrogens is 294 g/mol. The van der Waals surface area contributed by atoms with E-state index in [1.54, 1.807) is 0 Å². The fourth-order valence-electron chi connectivity index (χ4n) is 2.95. The van der Waals surface area contributed by atoms with Crippen LogP contribution in [0.4, 0.5) is 5.69 Å². The van der Waals surface area contributed by atoms with E-state index in [0.29, 0.717) is 0 Å². The minimum Gasteiger partial charge on any atom is -0.338 e. The highest BCUT2D eigenvalue weighted by atomic mass is 32.2. The summed E-state index contributed by atoms with van der Waals surface area (Å²) >= 11 is 3.86. The predicted molar refractivity (Wildman–Crippen MR) is 96.0 cm³/mol. The van der Waals surface area contributed by atoms with Gasteiger partial charge >= 0.3 is 0 Å². The lowest BCUT2D eigenvalue weighted by atomic mass is 10.1. The largest absolute Gasteiger partial charge is 0.338 e. The fraction of sp³-hybridized carbons (Fsp3) is 0.222. The van der Waals surface area contributed by atoms with Crippen LogP contribution in [0.3, 0.4) is 0 Å². The Bertz CT molecular complexity index is 740. The second kappa shape index (κ2) is 5.47. The molecule has 4 rings (SSSR count). The Morgan fingerprint density at radius 2 is 2.14 bits per heavy atom. The van der Waals surface area contributed by atoms with Crippen molar-refractivity contribution >= 4 is 40.0 Å². The van der Waals surface area contributed by atoms with Crippen LogP contribution in [0.15, 0.2) is 63.9 Å². The standard InChI is InChI=1S/C18H17NS2/c1-19-17(11-9-14-6-4-12-20-14)21-16-10-8-13-5-2-3-7-15(13)18(16)19/h2-5,7-8,10-12,14H,6,9H2,1H3. The summed E-state index contributed by atoms with van der Waals surface area (Å²) in [5.41, 5.74) is 1.36. The summed E-state index contributed by atoms with van der Waals surface area (Å²) in [4.78, 5) is 3.73. The Morgan fingerprint density at radius 1 is 1.24 bits per heavy atom. The predicted octanol–water partition coefficient (Wildman–Crippen LogP) is 5.63. The van der Waals surface area contributed by atoms with Crippen LogP contribution in [0.2, 0.25) is 0 Å². The van der Waals surface area contributed by atoms with Crippen LogP contribution >= 0.6 is 23.5 Å². The topological polar surface area (TPSA) is 3.24 Å². The maximum atomic E-state index is 2.41. The molecular formula is C18H17NS2. The zero-order chi connectivity index (χ0) is 14.2. The van der Waals surface area contributed by atoms with E-state index in [9.17, 15) is 0 Å². The van der Waals surface area contributed by atoms with E-state index in [0.717, 1.165) is 11.7 Å². The van der Waals surface area contributed by atoms with E-state index in [-0.39, 0.29) is 0 Å². The molecule has 1 nitrogen and oxygen atoms in total. The summed E-state index contributed by atoms with van der Waals surface area (Å²) in [7, 11) is 2.19. The number of hydrogen-bond donors (Lipinski definition) is 0. The highest BCUT2D eigenvalue weighted by Gasteiger charge is 2.24. The summed E-state index contributed by atoms with van der Waals surface area (Å²) in [5, 5.41) is 7.00. The average Bonchev–Trinajstić information content (AvgIpc) is 3.13. The molecule has 0 saturated carbocycles. The van der Waals surface area contributed by atoms with Crippen molar-refractivity contribution < 1.29 is 0 Å². The third kappa shape index (κ3) is 2.39. The molecule has 3 heteroatoms. The van der Waals surface area contributed by atoms with Gasteiger partial charge in [-0.05, 0) is 29.7 Å². The maximum absolute atomic E-state index is 2.41. The van der Waals surface area contributed by atoms with Crippen LogP contribution in [0, 0.1) is 0 Å². The molecule has 2 aliphatic heterocycles. The first-order chi connectivity index (χ1) is 10.3. The van der Waals surface area contributed by atoms with Gasteiger partial charge in [-0.1, -0.05) is 54.2 Å². The van der Waals surface area contributed by atoms with Crippen LogP contribution < -0.4 is 4.90 Å². The Morgan fingerprint density at radius 3 is 3.00 bits per heavy atom. The first kappa shape index (κ1) is 13.4. The SMILES string of the molecule is CN1C(=CCC2CC=CS2)Sc2ccc3ccccc3c21. The highest BCUT2D eigenvalue weighted by Crippen LogP contribution is 2.48. The quantitative estimate of drug-likeness (QED) is 0.707. The minimum atomic E-state index is 0.729. The smallest absolute Gasteiger partial charge is 0.0758 e. The molecule has 1 atom stereocenters. The molecule has 2 aromatic rings. The Labute approximate surface area is 134 Å². The average molecular weight is 311 g/mol. The summed E-state index contributed by atoms with van der Waals surface area (Å²) in [6, 6.07) is 13.1. The highest BCUT2D eigenvalue weighted by molar-refractivity contribution is 8.03. The van der Waals surface area contributed by atoms with Crippen molar-refractivity contribution in [3.05, 3.63) is 59.0 Å². The van der Waals surface area contributed by atoms with Gasteiger partial charge in [0.05, 0.1) is 10.7 Å². The van der Waals surface area contributed by atoms with Crippen molar-refractivity contribution in [2.75, 3.05) is 11.9 Å².